The van der Waals surface area contributed by atoms with Crippen LogP contribution in [-0.4, -0.2) is 58.5 Å². The van der Waals surface area contributed by atoms with E-state index in [4.69, 9.17) is 15.6 Å². The average Bonchev–Trinajstić information content (AvgIpc) is 2.80. The summed E-state index contributed by atoms with van der Waals surface area (Å²) in [5.41, 5.74) is 6.78. The molecule has 18 heavy (non-hydrogen) atoms. The molecular weight excluding hydrogens is 236 g/mol. The van der Waals surface area contributed by atoms with Crippen LogP contribution in [0.2, 0.25) is 0 Å². The summed E-state index contributed by atoms with van der Waals surface area (Å²) in [4.78, 5) is 13.1. The first kappa shape index (κ1) is 13.0. The van der Waals surface area contributed by atoms with Gasteiger partial charge in [0.1, 0.15) is 5.69 Å². The minimum absolute atomic E-state index is 0.000992. The van der Waals surface area contributed by atoms with E-state index in [-0.39, 0.29) is 17.8 Å². The second-order valence-corrected chi connectivity index (χ2v) is 4.54. The zero-order valence-electron chi connectivity index (χ0n) is 10.3. The van der Waals surface area contributed by atoms with Crippen LogP contribution in [0.5, 0.6) is 0 Å². The number of nitrogens with one attached hydrogen (secondary N) is 1. The van der Waals surface area contributed by atoms with Gasteiger partial charge in [-0.2, -0.15) is 5.10 Å². The van der Waals surface area contributed by atoms with E-state index in [1.54, 1.807) is 13.3 Å². The summed E-state index contributed by atoms with van der Waals surface area (Å²) < 4.78 is 5.32. The van der Waals surface area contributed by atoms with Crippen molar-refractivity contribution in [2.24, 2.45) is 5.73 Å². The van der Waals surface area contributed by atoms with Crippen molar-refractivity contribution in [3.63, 3.8) is 0 Å². The van der Waals surface area contributed by atoms with Crippen molar-refractivity contribution in [2.45, 2.75) is 25.1 Å². The molecule has 1 aliphatic heterocycles. The highest BCUT2D eigenvalue weighted by Gasteiger charge is 2.27. The third-order valence-corrected chi connectivity index (χ3v) is 3.32. The topological polar surface area (TPSA) is 104 Å². The van der Waals surface area contributed by atoms with E-state index in [1.165, 1.54) is 0 Å². The zero-order valence-corrected chi connectivity index (χ0v) is 10.3. The number of carboxylic acids is 1. The predicted molar refractivity (Wildman–Crippen MR) is 64.2 cm³/mol. The summed E-state index contributed by atoms with van der Waals surface area (Å²) in [6.07, 6.45) is 2.40. The highest BCUT2D eigenvalue weighted by atomic mass is 16.5. The lowest BCUT2D eigenvalue weighted by Crippen LogP contribution is -2.51. The lowest BCUT2D eigenvalue weighted by Gasteiger charge is -2.35. The van der Waals surface area contributed by atoms with E-state index in [0.717, 1.165) is 13.0 Å². The number of ether oxygens (including phenoxy) is 1. The largest absolute Gasteiger partial charge is 0.477 e. The second-order valence-electron chi connectivity index (χ2n) is 4.54. The number of aromatic nitrogens is 2. The molecule has 0 spiro atoms. The molecule has 1 aromatic rings. The Kier molecular flexibility index (Phi) is 3.95. The van der Waals surface area contributed by atoms with Crippen molar-refractivity contribution >= 4 is 5.97 Å². The number of rotatable bonds is 4. The number of likely N-dealkylation sites (tertiary alicyclic amines) is 1. The molecule has 0 amide bonds. The van der Waals surface area contributed by atoms with E-state index in [9.17, 15) is 4.79 Å². The van der Waals surface area contributed by atoms with Crippen LogP contribution in [-0.2, 0) is 11.3 Å². The average molecular weight is 254 g/mol. The lowest BCUT2D eigenvalue weighted by atomic mass is 10.0. The van der Waals surface area contributed by atoms with Gasteiger partial charge in [-0.05, 0) is 6.42 Å². The molecule has 0 unspecified atom stereocenters. The lowest BCUT2D eigenvalue weighted by molar-refractivity contribution is 0.0139. The Bertz CT molecular complexity index is 420. The Hall–Kier alpha value is -1.44. The number of hydrogen-bond donors (Lipinski definition) is 3. The summed E-state index contributed by atoms with van der Waals surface area (Å²) in [5, 5.41) is 15.3. The first-order chi connectivity index (χ1) is 8.61. The van der Waals surface area contributed by atoms with Crippen LogP contribution in [0.15, 0.2) is 6.20 Å². The summed E-state index contributed by atoms with van der Waals surface area (Å²) in [6, 6.07) is 0.0505. The number of H-pyrrole nitrogens is 1. The van der Waals surface area contributed by atoms with E-state index in [2.05, 4.69) is 15.1 Å². The van der Waals surface area contributed by atoms with Crippen LogP contribution in [0.1, 0.15) is 22.5 Å². The van der Waals surface area contributed by atoms with Crippen molar-refractivity contribution < 1.29 is 14.6 Å². The molecule has 4 N–H and O–H groups in total. The molecule has 1 fully saturated rings. The third-order valence-electron chi connectivity index (χ3n) is 3.32. The van der Waals surface area contributed by atoms with Crippen molar-refractivity contribution in [3.05, 3.63) is 17.5 Å². The van der Waals surface area contributed by atoms with Crippen LogP contribution in [0.3, 0.4) is 0 Å². The molecule has 0 bridgehead atoms. The first-order valence-corrected chi connectivity index (χ1v) is 5.88. The molecule has 100 valence electrons. The Morgan fingerprint density at radius 3 is 3.22 bits per heavy atom. The predicted octanol–water partition coefficient (Wildman–Crippen LogP) is -0.344. The zero-order chi connectivity index (χ0) is 13.1. The first-order valence-electron chi connectivity index (χ1n) is 5.88. The maximum absolute atomic E-state index is 11.0. The highest BCUT2D eigenvalue weighted by Crippen LogP contribution is 2.16. The minimum atomic E-state index is -0.987. The standard InChI is InChI=1S/C11H18N4O3/c1-18-9-6-15(3-2-8(9)12)5-7-4-13-14-10(7)11(16)17/h4,8-9H,2-3,5-6,12H2,1H3,(H,13,14)(H,16,17)/t8-,9+/m0/s1. The number of methoxy groups -OCH3 is 1. The fourth-order valence-corrected chi connectivity index (χ4v) is 2.25. The van der Waals surface area contributed by atoms with Gasteiger partial charge in [0.25, 0.3) is 0 Å². The van der Waals surface area contributed by atoms with Crippen molar-refractivity contribution in [2.75, 3.05) is 20.2 Å². The quantitative estimate of drug-likeness (QED) is 0.678. The number of nitrogens with two attached hydrogens (primary N) is 1. The number of nitrogens with zero attached hydrogens (tertiary/aromatic N) is 2. The Balaban J connectivity index is 2.01. The van der Waals surface area contributed by atoms with E-state index in [1.807, 2.05) is 0 Å². The smallest absolute Gasteiger partial charge is 0.354 e. The highest BCUT2D eigenvalue weighted by molar-refractivity contribution is 5.86. The molecule has 0 saturated carbocycles. The van der Waals surface area contributed by atoms with Crippen LogP contribution in [0.25, 0.3) is 0 Å². The summed E-state index contributed by atoms with van der Waals surface area (Å²) in [7, 11) is 1.65. The van der Waals surface area contributed by atoms with Crippen molar-refractivity contribution in [1.82, 2.24) is 15.1 Å². The minimum Gasteiger partial charge on any atom is -0.477 e. The van der Waals surface area contributed by atoms with Gasteiger partial charge in [-0.25, -0.2) is 4.79 Å². The van der Waals surface area contributed by atoms with Crippen LogP contribution in [0, 0.1) is 0 Å². The second kappa shape index (κ2) is 5.47. The molecule has 2 heterocycles. The van der Waals surface area contributed by atoms with Crippen LogP contribution >= 0.6 is 0 Å². The maximum Gasteiger partial charge on any atom is 0.354 e. The fraction of sp³-hybridized carbons (Fsp3) is 0.636. The molecule has 0 radical (unpaired) electrons. The molecule has 2 rings (SSSR count). The van der Waals surface area contributed by atoms with Gasteiger partial charge in [0.05, 0.1) is 12.3 Å². The number of aromatic carboxylic acids is 1. The molecule has 0 aromatic carbocycles. The SMILES string of the molecule is CO[C@@H]1CN(Cc2cn[nH]c2C(=O)O)CC[C@@H]1N. The Labute approximate surface area is 105 Å². The molecular formula is C11H18N4O3. The van der Waals surface area contributed by atoms with Crippen molar-refractivity contribution in [3.8, 4) is 0 Å². The van der Waals surface area contributed by atoms with Gasteiger partial charge in [-0.3, -0.25) is 10.00 Å². The van der Waals surface area contributed by atoms with Gasteiger partial charge in [-0.15, -0.1) is 0 Å². The molecule has 7 nitrogen and oxygen atoms in total. The molecule has 1 aliphatic rings. The maximum atomic E-state index is 11.0. The normalized spacial score (nSPS) is 25.2. The van der Waals surface area contributed by atoms with Crippen LogP contribution in [0.4, 0.5) is 0 Å². The van der Waals surface area contributed by atoms with Gasteiger partial charge in [-0.1, -0.05) is 0 Å². The number of aromatic amines is 1. The van der Waals surface area contributed by atoms with Gasteiger partial charge in [0, 0.05) is 38.3 Å². The molecule has 1 saturated heterocycles. The Morgan fingerprint density at radius 2 is 2.56 bits per heavy atom. The van der Waals surface area contributed by atoms with Gasteiger partial charge in [0.15, 0.2) is 0 Å². The molecule has 1 aromatic heterocycles. The van der Waals surface area contributed by atoms with Gasteiger partial charge in [0.2, 0.25) is 0 Å². The summed E-state index contributed by atoms with van der Waals surface area (Å²) >= 11 is 0. The third kappa shape index (κ3) is 2.69. The fourth-order valence-electron chi connectivity index (χ4n) is 2.25. The monoisotopic (exact) mass is 254 g/mol. The molecule has 0 aliphatic carbocycles. The number of carboxylic acid groups (broad SMARTS) is 1. The van der Waals surface area contributed by atoms with Gasteiger partial charge >= 0.3 is 5.97 Å². The molecule has 2 atom stereocenters. The number of piperidine rings is 1. The van der Waals surface area contributed by atoms with E-state index >= 15 is 0 Å². The summed E-state index contributed by atoms with van der Waals surface area (Å²) in [6.45, 7) is 2.10. The number of hydrogen-bond acceptors (Lipinski definition) is 5. The summed E-state index contributed by atoms with van der Waals surface area (Å²) in [5.74, 6) is -0.987. The Morgan fingerprint density at radius 1 is 1.78 bits per heavy atom. The van der Waals surface area contributed by atoms with E-state index in [0.29, 0.717) is 18.7 Å². The molecule has 7 heteroatoms. The number of carbonyl (C=O) groups is 1. The van der Waals surface area contributed by atoms with Gasteiger partial charge < -0.3 is 15.6 Å². The van der Waals surface area contributed by atoms with Crippen LogP contribution < -0.4 is 5.73 Å². The van der Waals surface area contributed by atoms with Crippen molar-refractivity contribution in [1.29, 1.82) is 0 Å². The van der Waals surface area contributed by atoms with E-state index < -0.39 is 5.97 Å².